The Labute approximate surface area is 141 Å². The topological polar surface area (TPSA) is 58.6 Å². The average molecular weight is 336 g/mol. The zero-order chi connectivity index (χ0) is 16.7. The van der Waals surface area contributed by atoms with E-state index in [0.29, 0.717) is 32.7 Å². The molecule has 0 spiro atoms. The molecule has 0 aromatic heterocycles. The monoisotopic (exact) mass is 336 g/mol. The number of benzene rings is 1. The largest absolute Gasteiger partial charge is 0.378 e. The number of amides is 2. The first-order valence-corrected chi connectivity index (χ1v) is 8.88. The summed E-state index contributed by atoms with van der Waals surface area (Å²) in [6.45, 7) is 6.04. The standard InChI is InChI=1S/C17H24N2O3S/c1-3-15(23-14-7-5-4-6-8-14)16(20)18-13(2)17(21)19-9-11-22-12-10-19/h4-8,13,15H,3,9-12H2,1-2H3,(H,18,20)/t13-,15-/m1/s1. The van der Waals surface area contributed by atoms with E-state index < -0.39 is 6.04 Å². The Kier molecular flexibility index (Phi) is 6.92. The Bertz CT molecular complexity index is 518. The molecule has 0 unspecified atom stereocenters. The van der Waals surface area contributed by atoms with Gasteiger partial charge in [0, 0.05) is 18.0 Å². The molecule has 1 aliphatic rings. The molecule has 1 heterocycles. The van der Waals surface area contributed by atoms with Crippen molar-refractivity contribution in [1.29, 1.82) is 0 Å². The fourth-order valence-corrected chi connectivity index (χ4v) is 3.40. The van der Waals surface area contributed by atoms with Crippen LogP contribution in [0.15, 0.2) is 35.2 Å². The lowest BCUT2D eigenvalue weighted by Gasteiger charge is -2.30. The minimum absolute atomic E-state index is 0.0405. The van der Waals surface area contributed by atoms with Crippen LogP contribution in [0.25, 0.3) is 0 Å². The molecule has 0 radical (unpaired) electrons. The summed E-state index contributed by atoms with van der Waals surface area (Å²) in [7, 11) is 0. The van der Waals surface area contributed by atoms with E-state index >= 15 is 0 Å². The highest BCUT2D eigenvalue weighted by atomic mass is 32.2. The van der Waals surface area contributed by atoms with Crippen LogP contribution in [0.4, 0.5) is 0 Å². The molecule has 6 heteroatoms. The van der Waals surface area contributed by atoms with Crippen LogP contribution in [0.5, 0.6) is 0 Å². The molecule has 0 saturated carbocycles. The molecule has 2 rings (SSSR count). The summed E-state index contributed by atoms with van der Waals surface area (Å²) in [4.78, 5) is 27.6. The predicted molar refractivity (Wildman–Crippen MR) is 91.4 cm³/mol. The third kappa shape index (κ3) is 5.25. The van der Waals surface area contributed by atoms with Gasteiger partial charge in [-0.2, -0.15) is 0 Å². The number of carbonyl (C=O) groups excluding carboxylic acids is 2. The molecule has 23 heavy (non-hydrogen) atoms. The Hall–Kier alpha value is -1.53. The molecule has 1 aromatic carbocycles. The number of nitrogens with one attached hydrogen (secondary N) is 1. The van der Waals surface area contributed by atoms with Gasteiger partial charge in [0.1, 0.15) is 6.04 Å². The molecular weight excluding hydrogens is 312 g/mol. The van der Waals surface area contributed by atoms with Crippen LogP contribution in [-0.2, 0) is 14.3 Å². The van der Waals surface area contributed by atoms with E-state index in [-0.39, 0.29) is 17.1 Å². The lowest BCUT2D eigenvalue weighted by atomic mass is 10.2. The third-order valence-corrected chi connectivity index (χ3v) is 5.11. The SMILES string of the molecule is CC[C@@H](Sc1ccccc1)C(=O)N[C@H](C)C(=O)N1CCOCC1. The Morgan fingerprint density at radius 3 is 2.52 bits per heavy atom. The Morgan fingerprint density at radius 2 is 1.91 bits per heavy atom. The molecule has 1 aliphatic heterocycles. The summed E-state index contributed by atoms with van der Waals surface area (Å²) >= 11 is 1.53. The van der Waals surface area contributed by atoms with Gasteiger partial charge in [0.05, 0.1) is 18.5 Å². The Morgan fingerprint density at radius 1 is 1.26 bits per heavy atom. The molecule has 5 nitrogen and oxygen atoms in total. The van der Waals surface area contributed by atoms with Gasteiger partial charge in [-0.15, -0.1) is 11.8 Å². The summed E-state index contributed by atoms with van der Waals surface area (Å²) in [5, 5.41) is 2.66. The molecular formula is C17H24N2O3S. The average Bonchev–Trinajstić information content (AvgIpc) is 2.60. The van der Waals surface area contributed by atoms with Gasteiger partial charge in [-0.1, -0.05) is 25.1 Å². The van der Waals surface area contributed by atoms with E-state index in [0.717, 1.165) is 4.90 Å². The van der Waals surface area contributed by atoms with Crippen molar-refractivity contribution in [2.75, 3.05) is 26.3 Å². The number of hydrogen-bond acceptors (Lipinski definition) is 4. The number of ether oxygens (including phenoxy) is 1. The molecule has 1 aromatic rings. The quantitative estimate of drug-likeness (QED) is 0.807. The number of carbonyl (C=O) groups is 2. The van der Waals surface area contributed by atoms with Gasteiger partial charge in [0.25, 0.3) is 0 Å². The van der Waals surface area contributed by atoms with Crippen LogP contribution in [0.2, 0.25) is 0 Å². The lowest BCUT2D eigenvalue weighted by molar-refractivity contribution is -0.139. The highest BCUT2D eigenvalue weighted by Gasteiger charge is 2.26. The normalized spacial score (nSPS) is 17.4. The minimum Gasteiger partial charge on any atom is -0.378 e. The first-order chi connectivity index (χ1) is 11.1. The van der Waals surface area contributed by atoms with Crippen molar-refractivity contribution in [2.45, 2.75) is 36.5 Å². The second-order valence-corrected chi connectivity index (χ2v) is 6.77. The van der Waals surface area contributed by atoms with Crippen LogP contribution >= 0.6 is 11.8 Å². The van der Waals surface area contributed by atoms with Crippen molar-refractivity contribution in [3.8, 4) is 0 Å². The molecule has 1 fully saturated rings. The zero-order valence-electron chi connectivity index (χ0n) is 13.7. The van der Waals surface area contributed by atoms with Crippen LogP contribution in [0, 0.1) is 0 Å². The highest BCUT2D eigenvalue weighted by molar-refractivity contribution is 8.00. The molecule has 126 valence electrons. The van der Waals surface area contributed by atoms with E-state index in [1.807, 2.05) is 37.3 Å². The van der Waals surface area contributed by atoms with E-state index in [1.165, 1.54) is 11.8 Å². The molecule has 2 atom stereocenters. The van der Waals surface area contributed by atoms with Crippen LogP contribution in [-0.4, -0.2) is 54.3 Å². The third-order valence-electron chi connectivity index (χ3n) is 3.74. The molecule has 0 aliphatic carbocycles. The highest BCUT2D eigenvalue weighted by Crippen LogP contribution is 2.25. The van der Waals surface area contributed by atoms with Gasteiger partial charge < -0.3 is 15.0 Å². The second kappa shape index (κ2) is 8.93. The van der Waals surface area contributed by atoms with Crippen molar-refractivity contribution >= 4 is 23.6 Å². The van der Waals surface area contributed by atoms with Gasteiger partial charge in [-0.05, 0) is 25.5 Å². The summed E-state index contributed by atoms with van der Waals surface area (Å²) in [6, 6.07) is 9.33. The van der Waals surface area contributed by atoms with Crippen molar-refractivity contribution in [3.63, 3.8) is 0 Å². The second-order valence-electron chi connectivity index (χ2n) is 5.50. The number of rotatable bonds is 6. The van der Waals surface area contributed by atoms with Crippen LogP contribution < -0.4 is 5.32 Å². The van der Waals surface area contributed by atoms with Crippen LogP contribution in [0.1, 0.15) is 20.3 Å². The summed E-state index contributed by atoms with van der Waals surface area (Å²) < 4.78 is 5.25. The van der Waals surface area contributed by atoms with E-state index in [2.05, 4.69) is 5.32 Å². The van der Waals surface area contributed by atoms with Crippen molar-refractivity contribution in [1.82, 2.24) is 10.2 Å². The fourth-order valence-electron chi connectivity index (χ4n) is 2.41. The van der Waals surface area contributed by atoms with Crippen molar-refractivity contribution in [3.05, 3.63) is 30.3 Å². The molecule has 0 bridgehead atoms. The maximum atomic E-state index is 12.4. The lowest BCUT2D eigenvalue weighted by Crippen LogP contribution is -2.51. The first kappa shape index (κ1) is 17.8. The van der Waals surface area contributed by atoms with E-state index in [4.69, 9.17) is 4.74 Å². The van der Waals surface area contributed by atoms with E-state index in [1.54, 1.807) is 11.8 Å². The van der Waals surface area contributed by atoms with Crippen LogP contribution in [0.3, 0.4) is 0 Å². The predicted octanol–water partition coefficient (Wildman–Crippen LogP) is 1.92. The number of hydrogen-bond donors (Lipinski definition) is 1. The summed E-state index contributed by atoms with van der Waals surface area (Å²) in [6.07, 6.45) is 0.712. The van der Waals surface area contributed by atoms with Crippen molar-refractivity contribution < 1.29 is 14.3 Å². The zero-order valence-corrected chi connectivity index (χ0v) is 14.5. The number of thioether (sulfide) groups is 1. The molecule has 2 amide bonds. The maximum absolute atomic E-state index is 12.4. The van der Waals surface area contributed by atoms with Crippen molar-refractivity contribution in [2.24, 2.45) is 0 Å². The van der Waals surface area contributed by atoms with Gasteiger partial charge in [-0.3, -0.25) is 9.59 Å². The maximum Gasteiger partial charge on any atom is 0.245 e. The fraction of sp³-hybridized carbons (Fsp3) is 0.529. The molecule has 1 N–H and O–H groups in total. The number of nitrogens with zero attached hydrogens (tertiary/aromatic N) is 1. The van der Waals surface area contributed by atoms with Gasteiger partial charge in [0.15, 0.2) is 0 Å². The Balaban J connectivity index is 1.89. The van der Waals surface area contributed by atoms with Gasteiger partial charge in [-0.25, -0.2) is 0 Å². The first-order valence-electron chi connectivity index (χ1n) is 8.00. The smallest absolute Gasteiger partial charge is 0.245 e. The number of morpholine rings is 1. The van der Waals surface area contributed by atoms with E-state index in [9.17, 15) is 9.59 Å². The van der Waals surface area contributed by atoms with Gasteiger partial charge >= 0.3 is 0 Å². The minimum atomic E-state index is -0.508. The molecule has 1 saturated heterocycles. The van der Waals surface area contributed by atoms with Gasteiger partial charge in [0.2, 0.25) is 11.8 Å². The summed E-state index contributed by atoms with van der Waals surface area (Å²) in [5.41, 5.74) is 0. The summed E-state index contributed by atoms with van der Waals surface area (Å²) in [5.74, 6) is -0.128.